The van der Waals surface area contributed by atoms with Crippen LogP contribution < -0.4 is 4.74 Å². The molecule has 0 bridgehead atoms. The van der Waals surface area contributed by atoms with E-state index in [2.05, 4.69) is 0 Å². The van der Waals surface area contributed by atoms with Crippen molar-refractivity contribution in [3.8, 4) is 5.75 Å². The summed E-state index contributed by atoms with van der Waals surface area (Å²) >= 11 is 0. The zero-order valence-electron chi connectivity index (χ0n) is 10.8. The highest BCUT2D eigenvalue weighted by Crippen LogP contribution is 2.29. The number of ether oxygens (including phenoxy) is 3. The molecule has 1 N–H and O–H groups in total. The molecule has 0 radical (unpaired) electrons. The average Bonchev–Trinajstić information content (AvgIpc) is 2.36. The van der Waals surface area contributed by atoms with Gasteiger partial charge in [-0.15, -0.1) is 0 Å². The van der Waals surface area contributed by atoms with Crippen molar-refractivity contribution in [2.75, 3.05) is 13.7 Å². The Kier molecular flexibility index (Phi) is 4.58. The fourth-order valence-electron chi connectivity index (χ4n) is 2.13. The molecule has 1 aliphatic carbocycles. The molecule has 4 nitrogen and oxygen atoms in total. The summed E-state index contributed by atoms with van der Waals surface area (Å²) in [4.78, 5) is 0. The van der Waals surface area contributed by atoms with Crippen LogP contribution in [0.4, 0.5) is 0 Å². The fraction of sp³-hybridized carbons (Fsp3) is 0.571. The predicted octanol–water partition coefficient (Wildman–Crippen LogP) is 1.75. The molecule has 0 aromatic heterocycles. The number of hydrogen-bond acceptors (Lipinski definition) is 4. The highest BCUT2D eigenvalue weighted by molar-refractivity contribution is 5.28. The molecule has 1 aliphatic rings. The van der Waals surface area contributed by atoms with Crippen molar-refractivity contribution in [1.29, 1.82) is 0 Å². The van der Waals surface area contributed by atoms with Gasteiger partial charge in [-0.05, 0) is 24.6 Å². The molecule has 0 spiro atoms. The molecule has 1 aromatic rings. The number of benzene rings is 1. The first-order chi connectivity index (χ1) is 8.74. The zero-order chi connectivity index (χ0) is 13.0. The Hall–Kier alpha value is -1.10. The van der Waals surface area contributed by atoms with Gasteiger partial charge in [0.25, 0.3) is 0 Å². The predicted molar refractivity (Wildman–Crippen MR) is 67.6 cm³/mol. The topological polar surface area (TPSA) is 47.9 Å². The molecule has 3 unspecified atom stereocenters. The van der Waals surface area contributed by atoms with Crippen LogP contribution in [0.1, 0.15) is 18.9 Å². The Morgan fingerprint density at radius 3 is 2.89 bits per heavy atom. The molecule has 100 valence electrons. The Morgan fingerprint density at radius 1 is 1.39 bits per heavy atom. The molecule has 18 heavy (non-hydrogen) atoms. The maximum atomic E-state index is 9.60. The Bertz CT molecular complexity index is 380. The van der Waals surface area contributed by atoms with Gasteiger partial charge in [-0.25, -0.2) is 0 Å². The van der Waals surface area contributed by atoms with Crippen LogP contribution in [-0.2, 0) is 16.1 Å². The van der Waals surface area contributed by atoms with Crippen molar-refractivity contribution in [2.45, 2.75) is 38.3 Å². The van der Waals surface area contributed by atoms with Crippen molar-refractivity contribution < 1.29 is 19.3 Å². The molecular formula is C14H20O4. The summed E-state index contributed by atoms with van der Waals surface area (Å²) in [5, 5.41) is 9.60. The van der Waals surface area contributed by atoms with Gasteiger partial charge in [0.2, 0.25) is 0 Å². The van der Waals surface area contributed by atoms with E-state index >= 15 is 0 Å². The SMILES string of the molecule is CCOC1C(O)CC1Oc1cccc(COC)c1. The van der Waals surface area contributed by atoms with E-state index in [9.17, 15) is 5.11 Å². The van der Waals surface area contributed by atoms with Crippen LogP contribution in [0.15, 0.2) is 24.3 Å². The summed E-state index contributed by atoms with van der Waals surface area (Å²) in [5.74, 6) is 0.797. The number of rotatable bonds is 6. The number of methoxy groups -OCH3 is 1. The van der Waals surface area contributed by atoms with E-state index in [1.54, 1.807) is 7.11 Å². The molecule has 1 aromatic carbocycles. The number of hydrogen-bond donors (Lipinski definition) is 1. The lowest BCUT2D eigenvalue weighted by atomic mass is 9.88. The highest BCUT2D eigenvalue weighted by atomic mass is 16.6. The van der Waals surface area contributed by atoms with Gasteiger partial charge in [0.05, 0.1) is 12.7 Å². The molecule has 0 saturated heterocycles. The zero-order valence-corrected chi connectivity index (χ0v) is 10.8. The van der Waals surface area contributed by atoms with Gasteiger partial charge >= 0.3 is 0 Å². The summed E-state index contributed by atoms with van der Waals surface area (Å²) in [7, 11) is 1.67. The minimum atomic E-state index is -0.405. The number of aliphatic hydroxyl groups is 1. The maximum absolute atomic E-state index is 9.60. The molecule has 1 saturated carbocycles. The van der Waals surface area contributed by atoms with Crippen LogP contribution in [-0.4, -0.2) is 37.1 Å². The summed E-state index contributed by atoms with van der Waals surface area (Å²) in [6.45, 7) is 3.08. The molecule has 0 amide bonds. The van der Waals surface area contributed by atoms with Gasteiger partial charge in [-0.3, -0.25) is 0 Å². The van der Waals surface area contributed by atoms with Crippen LogP contribution >= 0.6 is 0 Å². The largest absolute Gasteiger partial charge is 0.488 e. The fourth-order valence-corrected chi connectivity index (χ4v) is 2.13. The smallest absolute Gasteiger partial charge is 0.130 e. The van der Waals surface area contributed by atoms with Gasteiger partial charge in [0.15, 0.2) is 0 Å². The van der Waals surface area contributed by atoms with Crippen LogP contribution in [0.2, 0.25) is 0 Å². The first-order valence-electron chi connectivity index (χ1n) is 6.28. The Morgan fingerprint density at radius 2 is 2.22 bits per heavy atom. The van der Waals surface area contributed by atoms with E-state index in [-0.39, 0.29) is 12.2 Å². The summed E-state index contributed by atoms with van der Waals surface area (Å²) in [5.41, 5.74) is 1.07. The van der Waals surface area contributed by atoms with E-state index in [0.29, 0.717) is 19.6 Å². The minimum absolute atomic E-state index is 0.0576. The van der Waals surface area contributed by atoms with E-state index in [1.807, 2.05) is 31.2 Å². The first kappa shape index (κ1) is 13.3. The van der Waals surface area contributed by atoms with Gasteiger partial charge in [-0.2, -0.15) is 0 Å². The van der Waals surface area contributed by atoms with E-state index < -0.39 is 6.10 Å². The second-order valence-electron chi connectivity index (χ2n) is 4.46. The van der Waals surface area contributed by atoms with Crippen molar-refractivity contribution in [3.05, 3.63) is 29.8 Å². The minimum Gasteiger partial charge on any atom is -0.488 e. The van der Waals surface area contributed by atoms with E-state index in [4.69, 9.17) is 14.2 Å². The van der Waals surface area contributed by atoms with Crippen molar-refractivity contribution in [2.24, 2.45) is 0 Å². The standard InChI is InChI=1S/C14H20O4/c1-3-17-14-12(15)8-13(14)18-11-6-4-5-10(7-11)9-16-2/h4-7,12-15H,3,8-9H2,1-2H3. The third-order valence-corrected chi connectivity index (χ3v) is 3.08. The van der Waals surface area contributed by atoms with E-state index in [1.165, 1.54) is 0 Å². The third kappa shape index (κ3) is 3.02. The lowest BCUT2D eigenvalue weighted by Gasteiger charge is -2.40. The van der Waals surface area contributed by atoms with Gasteiger partial charge in [-0.1, -0.05) is 12.1 Å². The average molecular weight is 252 g/mol. The second-order valence-corrected chi connectivity index (χ2v) is 4.46. The lowest BCUT2D eigenvalue weighted by molar-refractivity contribution is -0.160. The summed E-state index contributed by atoms with van der Waals surface area (Å²) < 4.78 is 16.4. The molecule has 0 heterocycles. The number of aliphatic hydroxyl groups excluding tert-OH is 1. The molecule has 1 fully saturated rings. The molecular weight excluding hydrogens is 232 g/mol. The maximum Gasteiger partial charge on any atom is 0.130 e. The highest BCUT2D eigenvalue weighted by Gasteiger charge is 2.42. The molecule has 2 rings (SSSR count). The van der Waals surface area contributed by atoms with E-state index in [0.717, 1.165) is 11.3 Å². The molecule has 4 heteroatoms. The van der Waals surface area contributed by atoms with Crippen molar-refractivity contribution in [3.63, 3.8) is 0 Å². The Labute approximate surface area is 107 Å². The normalized spacial score (nSPS) is 26.7. The van der Waals surface area contributed by atoms with Crippen LogP contribution in [0.25, 0.3) is 0 Å². The van der Waals surface area contributed by atoms with Crippen LogP contribution in [0.3, 0.4) is 0 Å². The van der Waals surface area contributed by atoms with Crippen LogP contribution in [0, 0.1) is 0 Å². The van der Waals surface area contributed by atoms with Gasteiger partial charge in [0, 0.05) is 20.1 Å². The van der Waals surface area contributed by atoms with Gasteiger partial charge in [0.1, 0.15) is 18.0 Å². The van der Waals surface area contributed by atoms with Crippen molar-refractivity contribution >= 4 is 0 Å². The quantitative estimate of drug-likeness (QED) is 0.838. The summed E-state index contributed by atoms with van der Waals surface area (Å²) in [6, 6.07) is 7.80. The first-order valence-corrected chi connectivity index (χ1v) is 6.28. The second kappa shape index (κ2) is 6.18. The van der Waals surface area contributed by atoms with Crippen LogP contribution in [0.5, 0.6) is 5.75 Å². The Balaban J connectivity index is 1.95. The monoisotopic (exact) mass is 252 g/mol. The molecule has 0 aliphatic heterocycles. The van der Waals surface area contributed by atoms with Gasteiger partial charge < -0.3 is 19.3 Å². The van der Waals surface area contributed by atoms with Crippen molar-refractivity contribution in [1.82, 2.24) is 0 Å². The third-order valence-electron chi connectivity index (χ3n) is 3.08. The summed E-state index contributed by atoms with van der Waals surface area (Å²) in [6.07, 6.45) is -0.0463. The molecule has 3 atom stereocenters. The lowest BCUT2D eigenvalue weighted by Crippen LogP contribution is -2.55.